The first kappa shape index (κ1) is 96.5. The van der Waals surface area contributed by atoms with E-state index >= 15 is 0 Å². The predicted molar refractivity (Wildman–Crippen MR) is 409 cm³/mol. The van der Waals surface area contributed by atoms with E-state index in [1.54, 1.807) is 0 Å². The fraction of sp³-hybridized carbons (Fsp3) is 0.802. The standard InChI is InChI=1S/C81H146O17P2/c1-5-9-13-17-21-25-29-33-36-37-40-43-46-50-54-58-62-66-79(84)92-72-77(98-81(86)68-64-60-56-52-48-44-39-35-31-27-23-19-15-11-7-3)74-96-100(89,90)94-70-75(82)69-93-99(87,88)95-73-76(97-80(85)67-63-59-55-51-47-41-32-28-24-20-16-12-8-4)71-91-78(83)65-61-57-53-49-45-42-38-34-30-26-22-18-14-10-6-2/h9,13,21,23,25,27,33-36,38-39,75-77,82H,5-8,10-12,14-20,22,24,26,28-32,37,40-74H2,1-4H3,(H,87,88)(H,89,90)/b13-9-,25-21-,27-23-,36-33-,38-34-,39-35-. The molecule has 3 N–H and O–H groups in total. The quantitative estimate of drug-likeness (QED) is 0.0169. The summed E-state index contributed by atoms with van der Waals surface area (Å²) in [4.78, 5) is 73.0. The zero-order valence-corrected chi connectivity index (χ0v) is 65.4. The molecule has 100 heavy (non-hydrogen) atoms. The Balaban J connectivity index is 5.34. The van der Waals surface area contributed by atoms with Gasteiger partial charge in [-0.3, -0.25) is 37.3 Å². The maximum atomic E-state index is 13.1. The minimum Gasteiger partial charge on any atom is -0.462 e. The fourth-order valence-electron chi connectivity index (χ4n) is 11.0. The maximum absolute atomic E-state index is 13.1. The highest BCUT2D eigenvalue weighted by molar-refractivity contribution is 7.47. The van der Waals surface area contributed by atoms with Gasteiger partial charge in [0.25, 0.3) is 0 Å². The molecule has 0 saturated heterocycles. The van der Waals surface area contributed by atoms with Crippen LogP contribution in [0.2, 0.25) is 0 Å². The van der Waals surface area contributed by atoms with Crippen molar-refractivity contribution in [3.05, 3.63) is 72.9 Å². The molecule has 0 rings (SSSR count). The smallest absolute Gasteiger partial charge is 0.462 e. The number of aliphatic hydroxyl groups is 1. The molecule has 17 nitrogen and oxygen atoms in total. The number of hydrogen-bond acceptors (Lipinski definition) is 15. The SMILES string of the molecule is CC/C=C\C/C=C\C/C=C\CCCCCCCCCC(=O)OCC(COP(=O)(O)OCC(O)COP(=O)(O)OCC(COC(=O)CCCCCCC/C=C\CCCCCCCC)OC(=O)CCCCCCCCCCCCCCC)OC(=O)CCCCCCC/C=C\C/C=C\CCCCC. The lowest BCUT2D eigenvalue weighted by atomic mass is 10.0. The third-order valence-electron chi connectivity index (χ3n) is 17.2. The van der Waals surface area contributed by atoms with E-state index in [9.17, 15) is 43.2 Å². The number of carbonyl (C=O) groups excluding carboxylic acids is 4. The van der Waals surface area contributed by atoms with Crippen molar-refractivity contribution in [2.24, 2.45) is 0 Å². The van der Waals surface area contributed by atoms with Crippen LogP contribution in [0.5, 0.6) is 0 Å². The number of phosphoric ester groups is 2. The van der Waals surface area contributed by atoms with Crippen LogP contribution in [0.4, 0.5) is 0 Å². The van der Waals surface area contributed by atoms with Crippen LogP contribution in [0.15, 0.2) is 72.9 Å². The second-order valence-electron chi connectivity index (χ2n) is 27.0. The summed E-state index contributed by atoms with van der Waals surface area (Å²) in [6, 6.07) is 0. The summed E-state index contributed by atoms with van der Waals surface area (Å²) in [5, 5.41) is 10.6. The molecule has 0 heterocycles. The highest BCUT2D eigenvalue weighted by Gasteiger charge is 2.30. The Bertz CT molecular complexity index is 2180. The van der Waals surface area contributed by atoms with Crippen LogP contribution in [0.3, 0.4) is 0 Å². The van der Waals surface area contributed by atoms with E-state index in [0.717, 1.165) is 173 Å². The fourth-order valence-corrected chi connectivity index (χ4v) is 12.6. The lowest BCUT2D eigenvalue weighted by Crippen LogP contribution is -2.30. The van der Waals surface area contributed by atoms with Gasteiger partial charge in [0.2, 0.25) is 0 Å². The number of aliphatic hydroxyl groups excluding tert-OH is 1. The summed E-state index contributed by atoms with van der Waals surface area (Å²) in [7, 11) is -9.95. The second kappa shape index (κ2) is 73.8. The van der Waals surface area contributed by atoms with E-state index in [-0.39, 0.29) is 25.7 Å². The van der Waals surface area contributed by atoms with Crippen molar-refractivity contribution >= 4 is 39.5 Å². The molecule has 0 amide bonds. The number of hydrogen-bond donors (Lipinski definition) is 3. The Labute approximate surface area is 609 Å². The monoisotopic (exact) mass is 1450 g/mol. The van der Waals surface area contributed by atoms with E-state index in [1.165, 1.54) is 109 Å². The van der Waals surface area contributed by atoms with Gasteiger partial charge >= 0.3 is 39.5 Å². The summed E-state index contributed by atoms with van der Waals surface area (Å²) in [5.41, 5.74) is 0. The van der Waals surface area contributed by atoms with E-state index in [2.05, 4.69) is 101 Å². The summed E-state index contributed by atoms with van der Waals surface area (Å²) >= 11 is 0. The average molecular weight is 1450 g/mol. The molecule has 5 atom stereocenters. The normalized spacial score (nSPS) is 14.3. The largest absolute Gasteiger partial charge is 0.472 e. The molecule has 0 aromatic carbocycles. The number of ether oxygens (including phenoxy) is 4. The molecule has 0 spiro atoms. The Morgan fingerprint density at radius 1 is 0.290 bits per heavy atom. The Morgan fingerprint density at radius 3 is 0.830 bits per heavy atom. The Kier molecular flexibility index (Phi) is 71.2. The van der Waals surface area contributed by atoms with Crippen LogP contribution in [-0.2, 0) is 65.4 Å². The van der Waals surface area contributed by atoms with E-state index < -0.39 is 97.5 Å². The average Bonchev–Trinajstić information content (AvgIpc) is 1.06. The van der Waals surface area contributed by atoms with Gasteiger partial charge in [-0.05, 0) is 116 Å². The van der Waals surface area contributed by atoms with Gasteiger partial charge in [0, 0.05) is 25.7 Å². The van der Waals surface area contributed by atoms with Crippen molar-refractivity contribution < 1.29 is 80.2 Å². The van der Waals surface area contributed by atoms with Gasteiger partial charge in [0.15, 0.2) is 12.2 Å². The highest BCUT2D eigenvalue weighted by Crippen LogP contribution is 2.45. The summed E-state index contributed by atoms with van der Waals surface area (Å²) in [6.07, 6.45) is 74.4. The van der Waals surface area contributed by atoms with Crippen molar-refractivity contribution in [1.29, 1.82) is 0 Å². The van der Waals surface area contributed by atoms with Gasteiger partial charge in [0.1, 0.15) is 19.3 Å². The van der Waals surface area contributed by atoms with Crippen molar-refractivity contribution in [2.45, 2.75) is 380 Å². The third kappa shape index (κ3) is 72.8. The number of esters is 4. The van der Waals surface area contributed by atoms with Gasteiger partial charge in [-0.2, -0.15) is 0 Å². The zero-order chi connectivity index (χ0) is 73.2. The number of allylic oxidation sites excluding steroid dienone is 12. The van der Waals surface area contributed by atoms with Gasteiger partial charge < -0.3 is 33.8 Å². The van der Waals surface area contributed by atoms with Crippen LogP contribution < -0.4 is 0 Å². The van der Waals surface area contributed by atoms with Crippen molar-refractivity contribution in [2.75, 3.05) is 39.6 Å². The van der Waals surface area contributed by atoms with Crippen LogP contribution in [0.1, 0.15) is 362 Å². The molecule has 0 aliphatic carbocycles. The van der Waals surface area contributed by atoms with Crippen LogP contribution in [-0.4, -0.2) is 96.7 Å². The molecule has 19 heteroatoms. The van der Waals surface area contributed by atoms with Crippen molar-refractivity contribution in [3.63, 3.8) is 0 Å². The Hall–Kier alpha value is -3.50. The predicted octanol–water partition coefficient (Wildman–Crippen LogP) is 23.2. The molecule has 0 bridgehead atoms. The van der Waals surface area contributed by atoms with Crippen molar-refractivity contribution in [3.8, 4) is 0 Å². The van der Waals surface area contributed by atoms with Crippen LogP contribution in [0, 0.1) is 0 Å². The number of carbonyl (C=O) groups is 4. The lowest BCUT2D eigenvalue weighted by Gasteiger charge is -2.21. The summed E-state index contributed by atoms with van der Waals surface area (Å²) in [5.74, 6) is -2.18. The molecule has 0 aromatic heterocycles. The van der Waals surface area contributed by atoms with Gasteiger partial charge in [-0.25, -0.2) is 9.13 Å². The molecule has 0 aliphatic heterocycles. The topological polar surface area (TPSA) is 237 Å². The van der Waals surface area contributed by atoms with Crippen LogP contribution >= 0.6 is 15.6 Å². The number of rotatable bonds is 76. The second-order valence-corrected chi connectivity index (χ2v) is 29.9. The molecule has 0 aliphatic rings. The molecule has 0 fully saturated rings. The first-order chi connectivity index (χ1) is 48.7. The van der Waals surface area contributed by atoms with Gasteiger partial charge in [-0.1, -0.05) is 293 Å². The molecule has 582 valence electrons. The van der Waals surface area contributed by atoms with Gasteiger partial charge in [0.05, 0.1) is 26.4 Å². The summed E-state index contributed by atoms with van der Waals surface area (Å²) in [6.45, 7) is 4.76. The minimum absolute atomic E-state index is 0.0790. The van der Waals surface area contributed by atoms with E-state index in [1.807, 2.05) is 0 Å². The number of unbranched alkanes of at least 4 members (excludes halogenated alkanes) is 38. The van der Waals surface area contributed by atoms with Crippen molar-refractivity contribution in [1.82, 2.24) is 0 Å². The molecular weight excluding hydrogens is 1310 g/mol. The molecule has 0 aromatic rings. The van der Waals surface area contributed by atoms with E-state index in [4.69, 9.17) is 37.0 Å². The maximum Gasteiger partial charge on any atom is 0.472 e. The molecule has 0 saturated carbocycles. The number of phosphoric acid groups is 2. The van der Waals surface area contributed by atoms with E-state index in [0.29, 0.717) is 25.7 Å². The highest BCUT2D eigenvalue weighted by atomic mass is 31.2. The lowest BCUT2D eigenvalue weighted by molar-refractivity contribution is -0.161. The third-order valence-corrected chi connectivity index (χ3v) is 19.1. The summed E-state index contributed by atoms with van der Waals surface area (Å²) < 4.78 is 68.6. The first-order valence-corrected chi connectivity index (χ1v) is 43.2. The molecular formula is C81H146O17P2. The minimum atomic E-state index is -4.98. The first-order valence-electron chi connectivity index (χ1n) is 40.2. The molecule has 5 unspecified atom stereocenters. The Morgan fingerprint density at radius 2 is 0.520 bits per heavy atom. The van der Waals surface area contributed by atoms with Gasteiger partial charge in [-0.15, -0.1) is 0 Å². The van der Waals surface area contributed by atoms with Crippen LogP contribution in [0.25, 0.3) is 0 Å². The molecule has 0 radical (unpaired) electrons. The zero-order valence-electron chi connectivity index (χ0n) is 63.6.